The Hall–Kier alpha value is -1.33. The lowest BCUT2D eigenvalue weighted by atomic mass is 10.2. The van der Waals surface area contributed by atoms with Gasteiger partial charge in [0.15, 0.2) is 5.13 Å². The molecule has 0 unspecified atom stereocenters. The molecule has 88 valence electrons. The highest BCUT2D eigenvalue weighted by molar-refractivity contribution is 7.97. The maximum atomic E-state index is 11.2. The summed E-state index contributed by atoms with van der Waals surface area (Å²) in [6.07, 6.45) is 0. The molecule has 1 aromatic carbocycles. The third-order valence-electron chi connectivity index (χ3n) is 2.10. The van der Waals surface area contributed by atoms with Crippen molar-refractivity contribution in [3.8, 4) is 0 Å². The van der Waals surface area contributed by atoms with Crippen LogP contribution in [0.3, 0.4) is 0 Å². The first-order valence-electron chi connectivity index (χ1n) is 5.12. The van der Waals surface area contributed by atoms with Gasteiger partial charge in [-0.3, -0.25) is 4.79 Å². The average molecular weight is 264 g/mol. The van der Waals surface area contributed by atoms with Crippen molar-refractivity contribution >= 4 is 28.2 Å². The number of nitrogens with zero attached hydrogens (tertiary/aromatic N) is 1. The maximum absolute atomic E-state index is 11.2. The first kappa shape index (κ1) is 12.1. The van der Waals surface area contributed by atoms with Crippen LogP contribution in [0.2, 0.25) is 0 Å². The first-order valence-corrected chi connectivity index (χ1v) is 7.09. The molecule has 0 spiro atoms. The summed E-state index contributed by atoms with van der Waals surface area (Å²) in [5.41, 5.74) is 6.57. The molecule has 0 aliphatic rings. The normalized spacial score (nSPS) is 10.4. The van der Waals surface area contributed by atoms with Gasteiger partial charge in [-0.05, 0) is 5.56 Å². The van der Waals surface area contributed by atoms with Crippen LogP contribution in [0.25, 0.3) is 0 Å². The Balaban J connectivity index is 1.92. The number of benzene rings is 1. The smallest absolute Gasteiger partial charge is 0.273 e. The monoisotopic (exact) mass is 264 g/mol. The highest BCUT2D eigenvalue weighted by Gasteiger charge is 2.00. The quantitative estimate of drug-likeness (QED) is 0.922. The summed E-state index contributed by atoms with van der Waals surface area (Å²) in [4.78, 5) is 15.8. The van der Waals surface area contributed by atoms with Crippen LogP contribution in [0, 0.1) is 0 Å². The van der Waals surface area contributed by atoms with E-state index in [0.717, 1.165) is 16.4 Å². The minimum Gasteiger partial charge on any atom is -0.375 e. The molecule has 2 aromatic rings. The molecule has 0 atom stereocenters. The second-order valence-electron chi connectivity index (χ2n) is 3.48. The Morgan fingerprint density at radius 3 is 2.71 bits per heavy atom. The fourth-order valence-electron chi connectivity index (χ4n) is 1.38. The van der Waals surface area contributed by atoms with E-state index in [-0.39, 0.29) is 5.56 Å². The molecule has 2 N–H and O–H groups in total. The molecule has 0 aliphatic carbocycles. The molecule has 17 heavy (non-hydrogen) atoms. The molecule has 3 nitrogen and oxygen atoms in total. The zero-order valence-corrected chi connectivity index (χ0v) is 10.8. The Morgan fingerprint density at radius 1 is 1.24 bits per heavy atom. The van der Waals surface area contributed by atoms with Crippen LogP contribution in [-0.4, -0.2) is 4.98 Å². The van der Waals surface area contributed by atoms with Gasteiger partial charge in [-0.25, -0.2) is 0 Å². The summed E-state index contributed by atoms with van der Waals surface area (Å²) in [6.45, 7) is 0. The van der Waals surface area contributed by atoms with E-state index in [1.165, 1.54) is 16.9 Å². The van der Waals surface area contributed by atoms with Crippen molar-refractivity contribution in [3.63, 3.8) is 0 Å². The van der Waals surface area contributed by atoms with E-state index in [2.05, 4.69) is 17.1 Å². The van der Waals surface area contributed by atoms with Gasteiger partial charge in [-0.2, -0.15) is 16.7 Å². The van der Waals surface area contributed by atoms with Crippen LogP contribution in [0.15, 0.2) is 41.2 Å². The van der Waals surface area contributed by atoms with Gasteiger partial charge in [0.1, 0.15) is 0 Å². The van der Waals surface area contributed by atoms with E-state index >= 15 is 0 Å². The van der Waals surface area contributed by atoms with Gasteiger partial charge in [-0.1, -0.05) is 30.3 Å². The summed E-state index contributed by atoms with van der Waals surface area (Å²) in [5.74, 6) is 1.73. The number of rotatable bonds is 4. The molecule has 0 fully saturated rings. The summed E-state index contributed by atoms with van der Waals surface area (Å²) in [5, 5.41) is 0.341. The van der Waals surface area contributed by atoms with Crippen molar-refractivity contribution in [2.24, 2.45) is 0 Å². The van der Waals surface area contributed by atoms with Crippen molar-refractivity contribution in [2.45, 2.75) is 11.5 Å². The molecule has 5 heteroatoms. The number of thioether (sulfide) groups is 1. The fourth-order valence-corrected chi connectivity index (χ4v) is 3.24. The van der Waals surface area contributed by atoms with Crippen molar-refractivity contribution < 1.29 is 0 Å². The molecule has 0 amide bonds. The number of hydrogen-bond donors (Lipinski definition) is 1. The van der Waals surface area contributed by atoms with Crippen LogP contribution in [0.4, 0.5) is 5.13 Å². The molecule has 1 aromatic heterocycles. The minimum absolute atomic E-state index is 0.253. The molecular formula is C12H12N2OS2. The fraction of sp³-hybridized carbons (Fsp3) is 0.167. The van der Waals surface area contributed by atoms with E-state index < -0.39 is 0 Å². The van der Waals surface area contributed by atoms with Gasteiger partial charge >= 0.3 is 0 Å². The third kappa shape index (κ3) is 3.87. The molecule has 0 saturated carbocycles. The van der Waals surface area contributed by atoms with Gasteiger partial charge in [0, 0.05) is 22.4 Å². The lowest BCUT2D eigenvalue weighted by Crippen LogP contribution is -2.06. The van der Waals surface area contributed by atoms with Crippen LogP contribution in [-0.2, 0) is 11.5 Å². The largest absolute Gasteiger partial charge is 0.375 e. The summed E-state index contributed by atoms with van der Waals surface area (Å²) in [6, 6.07) is 11.8. The number of aromatic nitrogens is 1. The molecule has 2 rings (SSSR count). The Morgan fingerprint density at radius 2 is 2.00 bits per heavy atom. The van der Waals surface area contributed by atoms with Gasteiger partial charge in [-0.15, -0.1) is 11.3 Å². The van der Waals surface area contributed by atoms with E-state index in [4.69, 9.17) is 5.73 Å². The Bertz CT molecular complexity index is 540. The SMILES string of the molecule is Nc1nc(=O)cc(CSCc2ccccc2)s1. The number of nitrogen functional groups attached to an aromatic ring is 1. The zero-order valence-electron chi connectivity index (χ0n) is 9.13. The van der Waals surface area contributed by atoms with Crippen molar-refractivity contribution in [3.05, 3.63) is 57.2 Å². The molecule has 1 heterocycles. The first-order chi connectivity index (χ1) is 8.24. The van der Waals surface area contributed by atoms with Gasteiger partial charge in [0.2, 0.25) is 0 Å². The number of anilines is 1. The van der Waals surface area contributed by atoms with Crippen LogP contribution < -0.4 is 11.3 Å². The van der Waals surface area contributed by atoms with E-state index in [9.17, 15) is 4.79 Å². The van der Waals surface area contributed by atoms with Crippen molar-refractivity contribution in [1.82, 2.24) is 4.98 Å². The van der Waals surface area contributed by atoms with Crippen molar-refractivity contribution in [2.75, 3.05) is 5.73 Å². The standard InChI is InChI=1S/C12H12N2OS2/c13-12-14-11(15)6-10(17-12)8-16-7-9-4-2-1-3-5-9/h1-6H,7-8H2,(H2,13,14,15). The van der Waals surface area contributed by atoms with E-state index in [1.807, 2.05) is 18.2 Å². The Labute approximate surface area is 108 Å². The minimum atomic E-state index is -0.253. The van der Waals surface area contributed by atoms with Gasteiger partial charge in [0.05, 0.1) is 0 Å². The summed E-state index contributed by atoms with van der Waals surface area (Å²) < 4.78 is 0. The van der Waals surface area contributed by atoms with Crippen LogP contribution in [0.5, 0.6) is 0 Å². The molecule has 0 aliphatic heterocycles. The Kier molecular flexibility index (Phi) is 4.17. The highest BCUT2D eigenvalue weighted by atomic mass is 32.2. The molecule has 0 saturated heterocycles. The van der Waals surface area contributed by atoms with Crippen LogP contribution in [0.1, 0.15) is 10.4 Å². The van der Waals surface area contributed by atoms with E-state index in [0.29, 0.717) is 5.13 Å². The average Bonchev–Trinajstić information content (AvgIpc) is 2.29. The van der Waals surface area contributed by atoms with E-state index in [1.54, 1.807) is 17.8 Å². The number of hydrogen-bond acceptors (Lipinski definition) is 5. The highest BCUT2D eigenvalue weighted by Crippen LogP contribution is 2.20. The maximum Gasteiger partial charge on any atom is 0.273 e. The predicted molar refractivity (Wildman–Crippen MR) is 74.2 cm³/mol. The zero-order chi connectivity index (χ0) is 12.1. The van der Waals surface area contributed by atoms with Gasteiger partial charge < -0.3 is 5.73 Å². The number of nitrogens with two attached hydrogens (primary N) is 1. The topological polar surface area (TPSA) is 56.0 Å². The van der Waals surface area contributed by atoms with Crippen LogP contribution >= 0.6 is 23.1 Å². The predicted octanol–water partition coefficient (Wildman–Crippen LogP) is 2.52. The third-order valence-corrected chi connectivity index (χ3v) is 4.16. The summed E-state index contributed by atoms with van der Waals surface area (Å²) in [7, 11) is 0. The molecule has 0 radical (unpaired) electrons. The van der Waals surface area contributed by atoms with Crippen molar-refractivity contribution in [1.29, 1.82) is 0 Å². The summed E-state index contributed by atoms with van der Waals surface area (Å²) >= 11 is 3.14. The second-order valence-corrected chi connectivity index (χ2v) is 5.61. The second kappa shape index (κ2) is 5.84. The molecule has 0 bridgehead atoms. The molecular weight excluding hydrogens is 252 g/mol. The lowest BCUT2D eigenvalue weighted by molar-refractivity contribution is 1.27. The lowest BCUT2D eigenvalue weighted by Gasteiger charge is -2.01. The van der Waals surface area contributed by atoms with Gasteiger partial charge in [0.25, 0.3) is 5.56 Å².